The smallest absolute Gasteiger partial charge is 0.337 e. The molecule has 9 nitrogen and oxygen atoms in total. The first kappa shape index (κ1) is 27.8. The molecule has 0 unspecified atom stereocenters. The van der Waals surface area contributed by atoms with Gasteiger partial charge in [0.2, 0.25) is 0 Å². The van der Waals surface area contributed by atoms with E-state index in [0.717, 1.165) is 4.90 Å². The molecule has 0 atom stereocenters. The number of carbonyl (C=O) groups is 4. The normalized spacial score (nSPS) is 14.1. The Morgan fingerprint density at radius 3 is 2.45 bits per heavy atom. The fourth-order valence-electron chi connectivity index (χ4n) is 4.09. The second kappa shape index (κ2) is 12.1. The van der Waals surface area contributed by atoms with Crippen molar-refractivity contribution in [2.24, 2.45) is 0 Å². The van der Waals surface area contributed by atoms with Crippen LogP contribution in [-0.4, -0.2) is 38.0 Å². The molecule has 1 saturated heterocycles. The van der Waals surface area contributed by atoms with Crippen LogP contribution in [-0.2, 0) is 27.4 Å². The van der Waals surface area contributed by atoms with E-state index in [-0.39, 0.29) is 29.2 Å². The number of barbiturate groups is 1. The lowest BCUT2D eigenvalue weighted by molar-refractivity contribution is -0.122. The number of hydrogen-bond donors (Lipinski definition) is 1. The minimum atomic E-state index is -0.927. The van der Waals surface area contributed by atoms with Gasteiger partial charge in [0, 0.05) is 5.56 Å². The third kappa shape index (κ3) is 5.91. The zero-order chi connectivity index (χ0) is 28.8. The average Bonchev–Trinajstić information content (AvgIpc) is 2.94. The van der Waals surface area contributed by atoms with E-state index < -0.39 is 23.8 Å². The maximum absolute atomic E-state index is 13.6. The third-order valence-corrected chi connectivity index (χ3v) is 5.97. The van der Waals surface area contributed by atoms with Crippen LogP contribution in [0.3, 0.4) is 0 Å². The van der Waals surface area contributed by atoms with Gasteiger partial charge in [-0.25, -0.2) is 18.9 Å². The maximum atomic E-state index is 13.6. The molecule has 204 valence electrons. The molecule has 10 heteroatoms. The van der Waals surface area contributed by atoms with Crippen molar-refractivity contribution < 1.29 is 37.8 Å². The van der Waals surface area contributed by atoms with Crippen LogP contribution in [0, 0.1) is 5.82 Å². The van der Waals surface area contributed by atoms with Gasteiger partial charge in [0.25, 0.3) is 11.8 Å². The van der Waals surface area contributed by atoms with E-state index >= 15 is 0 Å². The minimum Gasteiger partial charge on any atom is -0.493 e. The summed E-state index contributed by atoms with van der Waals surface area (Å²) in [4.78, 5) is 51.1. The maximum Gasteiger partial charge on any atom is 0.337 e. The highest BCUT2D eigenvalue weighted by Gasteiger charge is 2.37. The second-order valence-electron chi connectivity index (χ2n) is 8.62. The summed E-state index contributed by atoms with van der Waals surface area (Å²) in [7, 11) is 2.68. The number of anilines is 1. The molecular weight excluding hydrogens is 519 g/mol. The van der Waals surface area contributed by atoms with Crippen molar-refractivity contribution >= 4 is 35.6 Å². The van der Waals surface area contributed by atoms with E-state index in [0.29, 0.717) is 34.6 Å². The van der Waals surface area contributed by atoms with E-state index in [9.17, 15) is 23.6 Å². The molecule has 1 aliphatic heterocycles. The molecule has 40 heavy (non-hydrogen) atoms. The third-order valence-electron chi connectivity index (χ3n) is 5.97. The van der Waals surface area contributed by atoms with E-state index in [4.69, 9.17) is 9.47 Å². The molecule has 1 fully saturated rings. The van der Waals surface area contributed by atoms with E-state index in [1.165, 1.54) is 56.7 Å². The summed E-state index contributed by atoms with van der Waals surface area (Å²) in [5.41, 5.74) is 1.78. The number of urea groups is 1. The number of halogens is 1. The molecular formula is C30H25FN2O7. The van der Waals surface area contributed by atoms with Crippen LogP contribution in [0.15, 0.2) is 78.9 Å². The lowest BCUT2D eigenvalue weighted by Gasteiger charge is -2.26. The number of imide groups is 2. The fourth-order valence-corrected chi connectivity index (χ4v) is 4.09. The molecule has 1 N–H and O–H groups in total. The van der Waals surface area contributed by atoms with Gasteiger partial charge in [0.15, 0.2) is 11.5 Å². The topological polar surface area (TPSA) is 111 Å². The van der Waals surface area contributed by atoms with Gasteiger partial charge in [-0.3, -0.25) is 14.9 Å². The monoisotopic (exact) mass is 544 g/mol. The summed E-state index contributed by atoms with van der Waals surface area (Å²) in [5, 5.41) is 2.16. The highest BCUT2D eigenvalue weighted by molar-refractivity contribution is 6.39. The van der Waals surface area contributed by atoms with Gasteiger partial charge in [-0.05, 0) is 72.2 Å². The van der Waals surface area contributed by atoms with E-state index in [1.54, 1.807) is 30.3 Å². The lowest BCUT2D eigenvalue weighted by atomic mass is 10.0. The number of methoxy groups -OCH3 is 2. The number of esters is 1. The van der Waals surface area contributed by atoms with Crippen LogP contribution in [0.5, 0.6) is 11.5 Å². The molecule has 1 aliphatic rings. The summed E-state index contributed by atoms with van der Waals surface area (Å²) in [6.07, 6.45) is 3.35. The van der Waals surface area contributed by atoms with E-state index in [1.807, 2.05) is 0 Å². The molecule has 0 aromatic heterocycles. The summed E-state index contributed by atoms with van der Waals surface area (Å²) in [6, 6.07) is 13.9. The van der Waals surface area contributed by atoms with Gasteiger partial charge in [0.05, 0.1) is 25.5 Å². The van der Waals surface area contributed by atoms with Crippen LogP contribution in [0.25, 0.3) is 6.08 Å². The zero-order valence-electron chi connectivity index (χ0n) is 21.7. The number of ether oxygens (including phenoxy) is 3. The first-order valence-electron chi connectivity index (χ1n) is 12.0. The fraction of sp³-hybridized carbons (Fsp3) is 0.133. The molecule has 0 radical (unpaired) electrons. The standard InChI is InChI=1S/C30H25FN2O7/c1-4-6-21-13-19(16-25(38-2)26(21)40-17-18-7-5-8-22(31)14-18)15-24-27(34)32-30(37)33(28(24)35)23-11-9-20(10-12-23)29(36)39-3/h4-5,7-16H,1,6,17H2,2-3H3,(H,32,34,37)/b24-15+. The quantitative estimate of drug-likeness (QED) is 0.181. The molecule has 0 spiro atoms. The Labute approximate surface area is 229 Å². The first-order chi connectivity index (χ1) is 19.2. The number of rotatable bonds is 9. The van der Waals surface area contributed by atoms with Crippen molar-refractivity contribution in [2.75, 3.05) is 19.1 Å². The van der Waals surface area contributed by atoms with Gasteiger partial charge < -0.3 is 14.2 Å². The van der Waals surface area contributed by atoms with Crippen LogP contribution < -0.4 is 19.7 Å². The van der Waals surface area contributed by atoms with Crippen LogP contribution in [0.2, 0.25) is 0 Å². The molecule has 3 aromatic carbocycles. The number of allylic oxidation sites excluding steroid dienone is 1. The largest absolute Gasteiger partial charge is 0.493 e. The predicted octanol–water partition coefficient (Wildman–Crippen LogP) is 4.59. The average molecular weight is 545 g/mol. The molecule has 1 heterocycles. The van der Waals surface area contributed by atoms with Crippen molar-refractivity contribution in [3.05, 3.63) is 107 Å². The summed E-state index contributed by atoms with van der Waals surface area (Å²) in [5.74, 6) is -1.97. The van der Waals surface area contributed by atoms with Gasteiger partial charge >= 0.3 is 12.0 Å². The molecule has 4 rings (SSSR count). The molecule has 0 saturated carbocycles. The Bertz CT molecular complexity index is 1530. The van der Waals surface area contributed by atoms with Gasteiger partial charge in [0.1, 0.15) is 18.0 Å². The van der Waals surface area contributed by atoms with Crippen LogP contribution >= 0.6 is 0 Å². The summed E-state index contributed by atoms with van der Waals surface area (Å²) >= 11 is 0. The number of nitrogens with one attached hydrogen (secondary N) is 1. The second-order valence-corrected chi connectivity index (χ2v) is 8.62. The zero-order valence-corrected chi connectivity index (χ0v) is 21.7. The number of carbonyl (C=O) groups excluding carboxylic acids is 4. The van der Waals surface area contributed by atoms with Crippen molar-refractivity contribution in [1.82, 2.24) is 5.32 Å². The lowest BCUT2D eigenvalue weighted by Crippen LogP contribution is -2.54. The number of benzene rings is 3. The molecule has 3 aromatic rings. The first-order valence-corrected chi connectivity index (χ1v) is 12.0. The van der Waals surface area contributed by atoms with Crippen molar-refractivity contribution in [2.45, 2.75) is 13.0 Å². The Balaban J connectivity index is 1.67. The Kier molecular flexibility index (Phi) is 8.39. The Morgan fingerprint density at radius 1 is 1.05 bits per heavy atom. The van der Waals surface area contributed by atoms with Gasteiger partial charge in [-0.1, -0.05) is 18.2 Å². The number of hydrogen-bond acceptors (Lipinski definition) is 7. The van der Waals surface area contributed by atoms with Crippen molar-refractivity contribution in [3.8, 4) is 11.5 Å². The van der Waals surface area contributed by atoms with Gasteiger partial charge in [-0.15, -0.1) is 6.58 Å². The molecule has 4 amide bonds. The van der Waals surface area contributed by atoms with Crippen molar-refractivity contribution in [3.63, 3.8) is 0 Å². The Hall–Kier alpha value is -5.25. The summed E-state index contributed by atoms with van der Waals surface area (Å²) < 4.78 is 29.8. The highest BCUT2D eigenvalue weighted by atomic mass is 19.1. The predicted molar refractivity (Wildman–Crippen MR) is 144 cm³/mol. The Morgan fingerprint density at radius 2 is 1.80 bits per heavy atom. The molecule has 0 aliphatic carbocycles. The minimum absolute atomic E-state index is 0.0748. The van der Waals surface area contributed by atoms with E-state index in [2.05, 4.69) is 16.6 Å². The number of nitrogens with zero attached hydrogens (tertiary/aromatic N) is 1. The van der Waals surface area contributed by atoms with Crippen LogP contribution in [0.1, 0.15) is 27.0 Å². The van der Waals surface area contributed by atoms with Crippen LogP contribution in [0.4, 0.5) is 14.9 Å². The highest BCUT2D eigenvalue weighted by Crippen LogP contribution is 2.35. The van der Waals surface area contributed by atoms with Crippen molar-refractivity contribution in [1.29, 1.82) is 0 Å². The molecule has 0 bridgehead atoms. The summed E-state index contributed by atoms with van der Waals surface area (Å²) in [6.45, 7) is 3.85. The number of amides is 4. The SMILES string of the molecule is C=CCc1cc(/C=C2\C(=O)NC(=O)N(c3ccc(C(=O)OC)cc3)C2=O)cc(OC)c1OCc1cccc(F)c1. The van der Waals surface area contributed by atoms with Gasteiger partial charge in [-0.2, -0.15) is 0 Å².